The average Bonchev–Trinajstić information content (AvgIpc) is 2.69. The molecular weight excluding hydrogens is 333 g/mol. The number of carboxylic acids is 1. The summed E-state index contributed by atoms with van der Waals surface area (Å²) < 4.78 is 15.3. The number of aromatic carboxylic acids is 1. The van der Waals surface area contributed by atoms with Crippen molar-refractivity contribution >= 4 is 43.3 Å². The Kier molecular flexibility index (Phi) is 4.34. The van der Waals surface area contributed by atoms with Crippen LogP contribution in [-0.4, -0.2) is 17.6 Å². The van der Waals surface area contributed by atoms with Crippen LogP contribution in [-0.2, 0) is 6.54 Å². The van der Waals surface area contributed by atoms with Crippen LogP contribution in [0.15, 0.2) is 29.3 Å². The smallest absolute Gasteiger partial charge is 0.346 e. The van der Waals surface area contributed by atoms with Crippen LogP contribution in [0.25, 0.3) is 10.1 Å². The molecule has 0 unspecified atom stereocenters. The van der Waals surface area contributed by atoms with E-state index in [0.717, 1.165) is 15.8 Å². The third-order valence-corrected chi connectivity index (χ3v) is 4.04. The number of carboxylic acid groups (broad SMARTS) is 1. The molecule has 0 atom stereocenters. The minimum Gasteiger partial charge on any atom is -0.477 e. The lowest BCUT2D eigenvalue weighted by Crippen LogP contribution is -2.16. The molecule has 0 aliphatic carbocycles. The summed E-state index contributed by atoms with van der Waals surface area (Å²) in [4.78, 5) is 11.4. The van der Waals surface area contributed by atoms with Crippen LogP contribution in [0, 0.1) is 5.82 Å². The van der Waals surface area contributed by atoms with Gasteiger partial charge in [-0.25, -0.2) is 9.18 Å². The van der Waals surface area contributed by atoms with Gasteiger partial charge in [-0.1, -0.05) is 28.6 Å². The largest absolute Gasteiger partial charge is 0.477 e. The van der Waals surface area contributed by atoms with Crippen molar-refractivity contribution in [3.05, 3.63) is 45.5 Å². The maximum atomic E-state index is 13.9. The number of benzene rings is 1. The zero-order valence-electron chi connectivity index (χ0n) is 9.87. The summed E-state index contributed by atoms with van der Waals surface area (Å²) in [6, 6.07) is 4.65. The number of rotatable bonds is 5. The molecule has 100 valence electrons. The van der Waals surface area contributed by atoms with Gasteiger partial charge in [0, 0.05) is 33.2 Å². The van der Waals surface area contributed by atoms with E-state index in [0.29, 0.717) is 22.2 Å². The third kappa shape index (κ3) is 3.02. The highest BCUT2D eigenvalue weighted by molar-refractivity contribution is 9.11. The van der Waals surface area contributed by atoms with Crippen molar-refractivity contribution in [3.63, 3.8) is 0 Å². The molecule has 0 bridgehead atoms. The molecule has 2 N–H and O–H groups in total. The number of carbonyl (C=O) groups is 1. The second-order valence-electron chi connectivity index (χ2n) is 3.95. The summed E-state index contributed by atoms with van der Waals surface area (Å²) >= 11 is 4.30. The molecule has 6 heteroatoms. The summed E-state index contributed by atoms with van der Waals surface area (Å²) in [5.41, 5.74) is 0.486. The number of halogens is 2. The standard InChI is InChI=1S/C13H11BrFNO2S/c1-7(14)5-16-6-8-11-9(15)3-2-4-10(11)19-12(8)13(17)18/h2-4,16H,1,5-6H2,(H,17,18). The lowest BCUT2D eigenvalue weighted by atomic mass is 10.1. The van der Waals surface area contributed by atoms with E-state index < -0.39 is 11.8 Å². The maximum Gasteiger partial charge on any atom is 0.346 e. The predicted octanol–water partition coefficient (Wildman–Crippen LogP) is 3.74. The molecule has 0 saturated carbocycles. The van der Waals surface area contributed by atoms with Crippen LogP contribution < -0.4 is 5.32 Å². The SMILES string of the molecule is C=C(Br)CNCc1c(C(=O)O)sc2cccc(F)c12. The summed E-state index contributed by atoms with van der Waals surface area (Å²) in [5.74, 6) is -1.43. The van der Waals surface area contributed by atoms with Gasteiger partial charge in [0.15, 0.2) is 0 Å². The lowest BCUT2D eigenvalue weighted by molar-refractivity contribution is 0.0701. The summed E-state index contributed by atoms with van der Waals surface area (Å²) in [5, 5.41) is 12.6. The van der Waals surface area contributed by atoms with Crippen molar-refractivity contribution in [2.24, 2.45) is 0 Å². The Hall–Kier alpha value is -1.24. The number of fused-ring (bicyclic) bond motifs is 1. The normalized spacial score (nSPS) is 10.8. The molecule has 0 aliphatic rings. The van der Waals surface area contributed by atoms with Gasteiger partial charge in [0.2, 0.25) is 0 Å². The van der Waals surface area contributed by atoms with Gasteiger partial charge >= 0.3 is 5.97 Å². The van der Waals surface area contributed by atoms with Crippen LogP contribution in [0.5, 0.6) is 0 Å². The molecule has 0 saturated heterocycles. The highest BCUT2D eigenvalue weighted by Gasteiger charge is 2.19. The molecule has 0 radical (unpaired) electrons. The summed E-state index contributed by atoms with van der Waals surface area (Å²) in [6.07, 6.45) is 0. The van der Waals surface area contributed by atoms with E-state index in [-0.39, 0.29) is 11.4 Å². The molecule has 0 fully saturated rings. The van der Waals surface area contributed by atoms with Gasteiger partial charge in [-0.2, -0.15) is 0 Å². The second-order valence-corrected chi connectivity index (χ2v) is 6.12. The first-order valence-corrected chi connectivity index (χ1v) is 7.09. The molecule has 2 aromatic rings. The monoisotopic (exact) mass is 343 g/mol. The van der Waals surface area contributed by atoms with E-state index >= 15 is 0 Å². The zero-order valence-corrected chi connectivity index (χ0v) is 12.3. The van der Waals surface area contributed by atoms with Gasteiger partial charge in [-0.15, -0.1) is 11.3 Å². The molecule has 1 aromatic heterocycles. The molecule has 2 rings (SSSR count). The van der Waals surface area contributed by atoms with Gasteiger partial charge in [0.1, 0.15) is 10.7 Å². The number of hydrogen-bond acceptors (Lipinski definition) is 3. The lowest BCUT2D eigenvalue weighted by Gasteiger charge is -2.05. The Labute approximate surface area is 121 Å². The fourth-order valence-corrected chi connectivity index (χ4v) is 3.10. The van der Waals surface area contributed by atoms with E-state index in [2.05, 4.69) is 27.8 Å². The Morgan fingerprint density at radius 1 is 1.53 bits per heavy atom. The van der Waals surface area contributed by atoms with Crippen LogP contribution in [0.1, 0.15) is 15.2 Å². The van der Waals surface area contributed by atoms with E-state index in [4.69, 9.17) is 0 Å². The Bertz CT molecular complexity index is 653. The van der Waals surface area contributed by atoms with E-state index in [1.807, 2.05) is 0 Å². The maximum absolute atomic E-state index is 13.9. The quantitative estimate of drug-likeness (QED) is 0.869. The number of hydrogen-bond donors (Lipinski definition) is 2. The van der Waals surface area contributed by atoms with Crippen molar-refractivity contribution in [2.45, 2.75) is 6.54 Å². The third-order valence-electron chi connectivity index (χ3n) is 2.58. The predicted molar refractivity (Wildman–Crippen MR) is 78.5 cm³/mol. The Balaban J connectivity index is 2.45. The number of thiophene rings is 1. The minimum atomic E-state index is -1.03. The van der Waals surface area contributed by atoms with Gasteiger partial charge < -0.3 is 10.4 Å². The molecule has 3 nitrogen and oxygen atoms in total. The fraction of sp³-hybridized carbons (Fsp3) is 0.154. The van der Waals surface area contributed by atoms with Crippen molar-refractivity contribution in [1.29, 1.82) is 0 Å². The minimum absolute atomic E-state index is 0.174. The van der Waals surface area contributed by atoms with Crippen molar-refractivity contribution < 1.29 is 14.3 Å². The van der Waals surface area contributed by atoms with Crippen LogP contribution in [0.2, 0.25) is 0 Å². The van der Waals surface area contributed by atoms with Crippen molar-refractivity contribution in [1.82, 2.24) is 5.32 Å². The molecule has 1 heterocycles. The first-order valence-electron chi connectivity index (χ1n) is 5.48. The van der Waals surface area contributed by atoms with Crippen molar-refractivity contribution in [2.75, 3.05) is 6.54 Å². The van der Waals surface area contributed by atoms with Crippen LogP contribution in [0.4, 0.5) is 4.39 Å². The van der Waals surface area contributed by atoms with Gasteiger partial charge in [-0.05, 0) is 12.1 Å². The fourth-order valence-electron chi connectivity index (χ4n) is 1.83. The molecule has 19 heavy (non-hydrogen) atoms. The highest BCUT2D eigenvalue weighted by atomic mass is 79.9. The molecule has 0 spiro atoms. The van der Waals surface area contributed by atoms with Crippen molar-refractivity contribution in [3.8, 4) is 0 Å². The van der Waals surface area contributed by atoms with Crippen LogP contribution in [0.3, 0.4) is 0 Å². The molecule has 0 aliphatic heterocycles. The first-order chi connectivity index (χ1) is 9.00. The number of nitrogens with one attached hydrogen (secondary N) is 1. The highest BCUT2D eigenvalue weighted by Crippen LogP contribution is 2.33. The Morgan fingerprint density at radius 2 is 2.26 bits per heavy atom. The molecular formula is C13H11BrFNO2S. The molecule has 1 aromatic carbocycles. The topological polar surface area (TPSA) is 49.3 Å². The van der Waals surface area contributed by atoms with E-state index in [1.165, 1.54) is 6.07 Å². The van der Waals surface area contributed by atoms with E-state index in [9.17, 15) is 14.3 Å². The van der Waals surface area contributed by atoms with E-state index in [1.54, 1.807) is 12.1 Å². The molecule has 0 amide bonds. The first kappa shape index (κ1) is 14.2. The van der Waals surface area contributed by atoms with Gasteiger partial charge in [-0.3, -0.25) is 0 Å². The average molecular weight is 344 g/mol. The van der Waals surface area contributed by atoms with Crippen LogP contribution >= 0.6 is 27.3 Å². The second kappa shape index (κ2) is 5.81. The summed E-state index contributed by atoms with van der Waals surface area (Å²) in [6.45, 7) is 4.45. The Morgan fingerprint density at radius 3 is 2.89 bits per heavy atom. The van der Waals surface area contributed by atoms with Gasteiger partial charge in [0.25, 0.3) is 0 Å². The zero-order chi connectivity index (χ0) is 14.0. The summed E-state index contributed by atoms with van der Waals surface area (Å²) in [7, 11) is 0. The van der Waals surface area contributed by atoms with Gasteiger partial charge in [0.05, 0.1) is 0 Å².